The second kappa shape index (κ2) is 5.78. The van der Waals surface area contributed by atoms with Crippen LogP contribution in [0.2, 0.25) is 0 Å². The summed E-state index contributed by atoms with van der Waals surface area (Å²) in [4.78, 5) is 4.33. The topological polar surface area (TPSA) is 39.1 Å². The molecule has 1 heterocycles. The van der Waals surface area contributed by atoms with Crippen molar-refractivity contribution in [3.8, 4) is 0 Å². The zero-order valence-electron chi connectivity index (χ0n) is 9.16. The zero-order valence-corrected chi connectivity index (χ0v) is 9.16. The summed E-state index contributed by atoms with van der Waals surface area (Å²) in [6, 6.07) is 0.324. The number of imidazole rings is 1. The van der Waals surface area contributed by atoms with E-state index in [2.05, 4.69) is 10.3 Å². The SMILES string of the molecule is CNC(CCCOC)c1nccn1C. The first-order valence-corrected chi connectivity index (χ1v) is 4.93. The predicted octanol–water partition coefficient (Wildman–Crippen LogP) is 1.11. The van der Waals surface area contributed by atoms with E-state index < -0.39 is 0 Å². The molecule has 0 aliphatic heterocycles. The van der Waals surface area contributed by atoms with Crippen LogP contribution < -0.4 is 5.32 Å². The van der Waals surface area contributed by atoms with E-state index in [1.165, 1.54) is 0 Å². The molecule has 0 spiro atoms. The van der Waals surface area contributed by atoms with Gasteiger partial charge in [0.1, 0.15) is 5.82 Å². The number of hydrogen-bond acceptors (Lipinski definition) is 3. The molecule has 80 valence electrons. The molecule has 0 radical (unpaired) electrons. The summed E-state index contributed by atoms with van der Waals surface area (Å²) >= 11 is 0. The molecule has 4 nitrogen and oxygen atoms in total. The quantitative estimate of drug-likeness (QED) is 0.694. The molecular formula is C10H19N3O. The van der Waals surface area contributed by atoms with E-state index in [0.29, 0.717) is 6.04 Å². The molecule has 14 heavy (non-hydrogen) atoms. The molecule has 4 heteroatoms. The molecule has 1 rings (SSSR count). The summed E-state index contributed by atoms with van der Waals surface area (Å²) in [6.45, 7) is 0.808. The molecule has 0 saturated carbocycles. The van der Waals surface area contributed by atoms with Crippen LogP contribution in [0.1, 0.15) is 24.7 Å². The fourth-order valence-electron chi connectivity index (χ4n) is 1.55. The van der Waals surface area contributed by atoms with Crippen molar-refractivity contribution < 1.29 is 4.74 Å². The molecule has 0 amide bonds. The van der Waals surface area contributed by atoms with Gasteiger partial charge in [-0.25, -0.2) is 4.98 Å². The van der Waals surface area contributed by atoms with Crippen molar-refractivity contribution in [3.63, 3.8) is 0 Å². The third-order valence-electron chi connectivity index (χ3n) is 2.36. The van der Waals surface area contributed by atoms with Gasteiger partial charge >= 0.3 is 0 Å². The van der Waals surface area contributed by atoms with Gasteiger partial charge in [0.15, 0.2) is 0 Å². The number of aromatic nitrogens is 2. The van der Waals surface area contributed by atoms with Crippen molar-refractivity contribution in [2.45, 2.75) is 18.9 Å². The summed E-state index contributed by atoms with van der Waals surface area (Å²) in [5.41, 5.74) is 0. The van der Waals surface area contributed by atoms with Crippen LogP contribution in [0.3, 0.4) is 0 Å². The highest BCUT2D eigenvalue weighted by molar-refractivity contribution is 4.98. The van der Waals surface area contributed by atoms with Crippen LogP contribution in [-0.4, -0.2) is 30.3 Å². The highest BCUT2D eigenvalue weighted by Crippen LogP contribution is 2.15. The number of ether oxygens (including phenoxy) is 1. The van der Waals surface area contributed by atoms with E-state index in [1.807, 2.05) is 31.1 Å². The van der Waals surface area contributed by atoms with Gasteiger partial charge in [0.25, 0.3) is 0 Å². The molecule has 1 unspecified atom stereocenters. The Balaban J connectivity index is 2.50. The highest BCUT2D eigenvalue weighted by atomic mass is 16.5. The average molecular weight is 197 g/mol. The summed E-state index contributed by atoms with van der Waals surface area (Å²) in [5.74, 6) is 1.09. The Morgan fingerprint density at radius 1 is 1.64 bits per heavy atom. The zero-order chi connectivity index (χ0) is 10.4. The molecule has 0 aliphatic carbocycles. The van der Waals surface area contributed by atoms with E-state index in [9.17, 15) is 0 Å². The third kappa shape index (κ3) is 2.82. The molecule has 0 fully saturated rings. The Morgan fingerprint density at radius 3 is 2.93 bits per heavy atom. The Hall–Kier alpha value is -0.870. The monoisotopic (exact) mass is 197 g/mol. The van der Waals surface area contributed by atoms with E-state index in [1.54, 1.807) is 7.11 Å². The van der Waals surface area contributed by atoms with Gasteiger partial charge in [-0.3, -0.25) is 0 Å². The van der Waals surface area contributed by atoms with E-state index in [-0.39, 0.29) is 0 Å². The lowest BCUT2D eigenvalue weighted by molar-refractivity contribution is 0.188. The van der Waals surface area contributed by atoms with Gasteiger partial charge in [-0.05, 0) is 19.9 Å². The lowest BCUT2D eigenvalue weighted by Crippen LogP contribution is -2.20. The summed E-state index contributed by atoms with van der Waals surface area (Å²) in [5, 5.41) is 3.27. The lowest BCUT2D eigenvalue weighted by Gasteiger charge is -2.15. The number of nitrogens with one attached hydrogen (secondary N) is 1. The average Bonchev–Trinajstić information content (AvgIpc) is 2.60. The Bertz CT molecular complexity index is 260. The number of rotatable bonds is 6. The van der Waals surface area contributed by atoms with Gasteiger partial charge < -0.3 is 14.6 Å². The Kier molecular flexibility index (Phi) is 4.62. The van der Waals surface area contributed by atoms with Crippen molar-refractivity contribution >= 4 is 0 Å². The van der Waals surface area contributed by atoms with Gasteiger partial charge in [-0.2, -0.15) is 0 Å². The van der Waals surface area contributed by atoms with Crippen molar-refractivity contribution in [3.05, 3.63) is 18.2 Å². The van der Waals surface area contributed by atoms with Crippen molar-refractivity contribution in [2.24, 2.45) is 7.05 Å². The highest BCUT2D eigenvalue weighted by Gasteiger charge is 2.12. The van der Waals surface area contributed by atoms with Crippen LogP contribution in [0, 0.1) is 0 Å². The largest absolute Gasteiger partial charge is 0.385 e. The minimum atomic E-state index is 0.324. The fraction of sp³-hybridized carbons (Fsp3) is 0.700. The summed E-state index contributed by atoms with van der Waals surface area (Å²) in [6.07, 6.45) is 5.90. The van der Waals surface area contributed by atoms with E-state index in [0.717, 1.165) is 25.3 Å². The van der Waals surface area contributed by atoms with Crippen molar-refractivity contribution in [1.29, 1.82) is 0 Å². The molecular weight excluding hydrogens is 178 g/mol. The Morgan fingerprint density at radius 2 is 2.43 bits per heavy atom. The first-order valence-electron chi connectivity index (χ1n) is 4.93. The maximum Gasteiger partial charge on any atom is 0.125 e. The maximum atomic E-state index is 5.03. The molecule has 0 bridgehead atoms. The first-order chi connectivity index (χ1) is 6.79. The van der Waals surface area contributed by atoms with Crippen LogP contribution in [0.25, 0.3) is 0 Å². The van der Waals surface area contributed by atoms with Crippen LogP contribution in [0.15, 0.2) is 12.4 Å². The van der Waals surface area contributed by atoms with Crippen LogP contribution in [0.5, 0.6) is 0 Å². The maximum absolute atomic E-state index is 5.03. The third-order valence-corrected chi connectivity index (χ3v) is 2.36. The van der Waals surface area contributed by atoms with Crippen LogP contribution in [0.4, 0.5) is 0 Å². The summed E-state index contributed by atoms with van der Waals surface area (Å²) in [7, 11) is 5.71. The lowest BCUT2D eigenvalue weighted by atomic mass is 10.1. The minimum absolute atomic E-state index is 0.324. The van der Waals surface area contributed by atoms with Gasteiger partial charge in [0.2, 0.25) is 0 Å². The molecule has 0 aromatic carbocycles. The first kappa shape index (κ1) is 11.2. The smallest absolute Gasteiger partial charge is 0.125 e. The Labute approximate surface area is 85.3 Å². The van der Waals surface area contributed by atoms with Crippen molar-refractivity contribution in [2.75, 3.05) is 20.8 Å². The molecule has 1 N–H and O–H groups in total. The molecule has 1 aromatic heterocycles. The number of nitrogens with zero attached hydrogens (tertiary/aromatic N) is 2. The molecule has 1 aromatic rings. The van der Waals surface area contributed by atoms with Crippen LogP contribution in [-0.2, 0) is 11.8 Å². The van der Waals surface area contributed by atoms with Crippen molar-refractivity contribution in [1.82, 2.24) is 14.9 Å². The molecule has 0 aliphatic rings. The van der Waals surface area contributed by atoms with Gasteiger partial charge in [0.05, 0.1) is 6.04 Å². The molecule has 1 atom stereocenters. The van der Waals surface area contributed by atoms with E-state index >= 15 is 0 Å². The summed E-state index contributed by atoms with van der Waals surface area (Å²) < 4.78 is 7.08. The van der Waals surface area contributed by atoms with E-state index in [4.69, 9.17) is 4.74 Å². The predicted molar refractivity (Wildman–Crippen MR) is 56.1 cm³/mol. The standard InChI is InChI=1S/C10H19N3O/c1-11-9(5-4-8-14-3)10-12-6-7-13(10)2/h6-7,9,11H,4-5,8H2,1-3H3. The number of aryl methyl sites for hydroxylation is 1. The van der Waals surface area contributed by atoms with Gasteiger partial charge in [-0.15, -0.1) is 0 Å². The second-order valence-corrected chi connectivity index (χ2v) is 3.37. The second-order valence-electron chi connectivity index (χ2n) is 3.37. The fourth-order valence-corrected chi connectivity index (χ4v) is 1.55. The van der Waals surface area contributed by atoms with Gasteiger partial charge in [-0.1, -0.05) is 0 Å². The number of hydrogen-bond donors (Lipinski definition) is 1. The minimum Gasteiger partial charge on any atom is -0.385 e. The molecule has 0 saturated heterocycles. The normalized spacial score (nSPS) is 13.1. The number of methoxy groups -OCH3 is 1. The van der Waals surface area contributed by atoms with Crippen LogP contribution >= 0.6 is 0 Å². The van der Waals surface area contributed by atoms with Gasteiger partial charge in [0, 0.05) is 33.2 Å².